The molecule has 1 aromatic rings. The summed E-state index contributed by atoms with van der Waals surface area (Å²) in [6, 6.07) is 0.442. The summed E-state index contributed by atoms with van der Waals surface area (Å²) in [4.78, 5) is 17.7. The van der Waals surface area contributed by atoms with E-state index in [9.17, 15) is 4.79 Å². The van der Waals surface area contributed by atoms with Gasteiger partial charge in [-0.15, -0.1) is 0 Å². The molecule has 1 N–H and O–H groups in total. The van der Waals surface area contributed by atoms with Gasteiger partial charge < -0.3 is 15.0 Å². The van der Waals surface area contributed by atoms with Crippen molar-refractivity contribution in [3.05, 3.63) is 11.6 Å². The minimum absolute atomic E-state index is 0.0564. The first kappa shape index (κ1) is 11.8. The molecule has 1 aliphatic carbocycles. The fourth-order valence-corrected chi connectivity index (χ4v) is 2.98. The smallest absolute Gasteiger partial charge is 0.317 e. The van der Waals surface area contributed by atoms with Gasteiger partial charge in [-0.05, 0) is 12.8 Å². The van der Waals surface area contributed by atoms with E-state index in [2.05, 4.69) is 10.3 Å². The molecule has 1 aliphatic heterocycles. The first-order valence-corrected chi connectivity index (χ1v) is 7.31. The lowest BCUT2D eigenvalue weighted by atomic mass is 10.2. The Bertz CT molecular complexity index is 397. The van der Waals surface area contributed by atoms with Crippen LogP contribution in [0.15, 0.2) is 11.6 Å². The summed E-state index contributed by atoms with van der Waals surface area (Å²) in [5, 5.41) is 5.66. The molecule has 2 heterocycles. The van der Waals surface area contributed by atoms with Crippen molar-refractivity contribution < 1.29 is 9.53 Å². The molecule has 3 rings (SSSR count). The highest BCUT2D eigenvalue weighted by atomic mass is 32.1. The summed E-state index contributed by atoms with van der Waals surface area (Å²) in [6.45, 7) is 1.33. The Kier molecular flexibility index (Phi) is 3.36. The summed E-state index contributed by atoms with van der Waals surface area (Å²) in [5.41, 5.74) is 0. The summed E-state index contributed by atoms with van der Waals surface area (Å²) >= 11 is 1.48. The van der Waals surface area contributed by atoms with Crippen molar-refractivity contribution in [2.75, 3.05) is 13.1 Å². The number of carbonyl (C=O) groups excluding carboxylic acids is 1. The SMILES string of the molecule is O=C(NC1CCCC1)N1CC(Oc2nccs2)C1. The van der Waals surface area contributed by atoms with Gasteiger partial charge in [0.2, 0.25) is 0 Å². The Balaban J connectivity index is 1.40. The standard InChI is InChI=1S/C12H17N3O2S/c16-11(14-9-3-1-2-4-9)15-7-10(8-15)17-12-13-5-6-18-12/h5-6,9-10H,1-4,7-8H2,(H,14,16). The Hall–Kier alpha value is -1.30. The van der Waals surface area contributed by atoms with E-state index in [0.717, 1.165) is 12.8 Å². The molecule has 0 atom stereocenters. The molecular formula is C12H17N3O2S. The first-order chi connectivity index (χ1) is 8.81. The number of thiazole rings is 1. The van der Waals surface area contributed by atoms with E-state index in [1.807, 2.05) is 5.38 Å². The van der Waals surface area contributed by atoms with Crippen LogP contribution in [0.2, 0.25) is 0 Å². The van der Waals surface area contributed by atoms with Crippen LogP contribution in [0.1, 0.15) is 25.7 Å². The summed E-state index contributed by atoms with van der Waals surface area (Å²) in [6.07, 6.45) is 6.55. The molecule has 1 saturated carbocycles. The highest BCUT2D eigenvalue weighted by molar-refractivity contribution is 7.11. The van der Waals surface area contributed by atoms with Gasteiger partial charge in [-0.25, -0.2) is 9.78 Å². The van der Waals surface area contributed by atoms with E-state index >= 15 is 0 Å². The van der Waals surface area contributed by atoms with E-state index in [-0.39, 0.29) is 12.1 Å². The predicted molar refractivity (Wildman–Crippen MR) is 68.9 cm³/mol. The third kappa shape index (κ3) is 2.58. The summed E-state index contributed by atoms with van der Waals surface area (Å²) in [5.74, 6) is 0. The van der Waals surface area contributed by atoms with Gasteiger partial charge >= 0.3 is 6.03 Å². The van der Waals surface area contributed by atoms with Gasteiger partial charge in [0.1, 0.15) is 6.10 Å². The second kappa shape index (κ2) is 5.14. The topological polar surface area (TPSA) is 54.5 Å². The van der Waals surface area contributed by atoms with Gasteiger partial charge in [0.25, 0.3) is 5.19 Å². The van der Waals surface area contributed by atoms with E-state index < -0.39 is 0 Å². The zero-order valence-corrected chi connectivity index (χ0v) is 11.0. The van der Waals surface area contributed by atoms with Crippen LogP contribution in [0.4, 0.5) is 4.79 Å². The molecule has 0 spiro atoms. The van der Waals surface area contributed by atoms with Crippen LogP contribution >= 0.6 is 11.3 Å². The summed E-state index contributed by atoms with van der Waals surface area (Å²) in [7, 11) is 0. The highest BCUT2D eigenvalue weighted by Gasteiger charge is 2.33. The molecule has 0 aromatic carbocycles. The first-order valence-electron chi connectivity index (χ1n) is 6.43. The average molecular weight is 267 g/mol. The number of urea groups is 1. The molecule has 6 heteroatoms. The van der Waals surface area contributed by atoms with E-state index in [4.69, 9.17) is 4.74 Å². The molecule has 18 heavy (non-hydrogen) atoms. The lowest BCUT2D eigenvalue weighted by Crippen LogP contribution is -2.59. The van der Waals surface area contributed by atoms with Crippen molar-refractivity contribution >= 4 is 17.4 Å². The van der Waals surface area contributed by atoms with Gasteiger partial charge in [0.05, 0.1) is 13.1 Å². The second-order valence-electron chi connectivity index (χ2n) is 4.87. The number of hydrogen-bond donors (Lipinski definition) is 1. The van der Waals surface area contributed by atoms with Crippen LogP contribution in [-0.2, 0) is 0 Å². The zero-order chi connectivity index (χ0) is 12.4. The minimum Gasteiger partial charge on any atom is -0.463 e. The van der Waals surface area contributed by atoms with Gasteiger partial charge in [0, 0.05) is 17.6 Å². The van der Waals surface area contributed by atoms with Crippen LogP contribution in [0.5, 0.6) is 5.19 Å². The van der Waals surface area contributed by atoms with Crippen molar-refractivity contribution in [1.29, 1.82) is 0 Å². The van der Waals surface area contributed by atoms with Crippen LogP contribution in [0, 0.1) is 0 Å². The molecule has 0 bridgehead atoms. The number of nitrogens with one attached hydrogen (secondary N) is 1. The van der Waals surface area contributed by atoms with E-state index in [0.29, 0.717) is 24.3 Å². The van der Waals surface area contributed by atoms with Crippen LogP contribution in [-0.4, -0.2) is 41.2 Å². The van der Waals surface area contributed by atoms with Crippen LogP contribution < -0.4 is 10.1 Å². The minimum atomic E-state index is 0.0564. The molecule has 0 unspecified atom stereocenters. The maximum absolute atomic E-state index is 11.9. The number of hydrogen-bond acceptors (Lipinski definition) is 4. The lowest BCUT2D eigenvalue weighted by Gasteiger charge is -2.38. The van der Waals surface area contributed by atoms with Gasteiger partial charge in [-0.3, -0.25) is 0 Å². The Morgan fingerprint density at radius 3 is 2.89 bits per heavy atom. The monoisotopic (exact) mass is 267 g/mol. The van der Waals surface area contributed by atoms with Crippen molar-refractivity contribution in [2.24, 2.45) is 0 Å². The molecule has 5 nitrogen and oxygen atoms in total. The van der Waals surface area contributed by atoms with Gasteiger partial charge in [0.15, 0.2) is 0 Å². The number of aromatic nitrogens is 1. The third-order valence-electron chi connectivity index (χ3n) is 3.50. The largest absolute Gasteiger partial charge is 0.463 e. The molecule has 1 aromatic heterocycles. The van der Waals surface area contributed by atoms with E-state index in [1.165, 1.54) is 24.2 Å². The second-order valence-corrected chi connectivity index (χ2v) is 5.73. The molecule has 0 radical (unpaired) electrons. The van der Waals surface area contributed by atoms with Gasteiger partial charge in [-0.1, -0.05) is 24.2 Å². The van der Waals surface area contributed by atoms with Crippen molar-refractivity contribution in [1.82, 2.24) is 15.2 Å². The van der Waals surface area contributed by atoms with Gasteiger partial charge in [-0.2, -0.15) is 0 Å². The van der Waals surface area contributed by atoms with Crippen LogP contribution in [0.25, 0.3) is 0 Å². The highest BCUT2D eigenvalue weighted by Crippen LogP contribution is 2.21. The zero-order valence-electron chi connectivity index (χ0n) is 10.2. The number of carbonyl (C=O) groups is 1. The van der Waals surface area contributed by atoms with Crippen LogP contribution in [0.3, 0.4) is 0 Å². The molecule has 98 valence electrons. The summed E-state index contributed by atoms with van der Waals surface area (Å²) < 4.78 is 5.63. The lowest BCUT2D eigenvalue weighted by molar-refractivity contribution is 0.0433. The third-order valence-corrected chi connectivity index (χ3v) is 4.16. The van der Waals surface area contributed by atoms with E-state index in [1.54, 1.807) is 11.1 Å². The number of rotatable bonds is 3. The molecule has 1 saturated heterocycles. The Labute approximate surface area is 110 Å². The number of ether oxygens (including phenoxy) is 1. The average Bonchev–Trinajstić information content (AvgIpc) is 2.94. The predicted octanol–water partition coefficient (Wildman–Crippen LogP) is 1.86. The number of likely N-dealkylation sites (tertiary alicyclic amines) is 1. The van der Waals surface area contributed by atoms with Crippen molar-refractivity contribution in [2.45, 2.75) is 37.8 Å². The quantitative estimate of drug-likeness (QED) is 0.909. The number of amides is 2. The maximum Gasteiger partial charge on any atom is 0.317 e. The molecule has 2 aliphatic rings. The normalized spacial score (nSPS) is 20.8. The Morgan fingerprint density at radius 2 is 2.22 bits per heavy atom. The number of nitrogens with zero attached hydrogens (tertiary/aromatic N) is 2. The maximum atomic E-state index is 11.9. The van der Waals surface area contributed by atoms with Crippen molar-refractivity contribution in [3.63, 3.8) is 0 Å². The van der Waals surface area contributed by atoms with Crippen molar-refractivity contribution in [3.8, 4) is 5.19 Å². The molecule has 2 amide bonds. The fourth-order valence-electron chi connectivity index (χ4n) is 2.43. The molecular weight excluding hydrogens is 250 g/mol. The molecule has 2 fully saturated rings. The fraction of sp³-hybridized carbons (Fsp3) is 0.667. The Morgan fingerprint density at radius 1 is 1.44 bits per heavy atom.